The third-order valence-electron chi connectivity index (χ3n) is 6.86. The van der Waals surface area contributed by atoms with Crippen LogP contribution in [0.1, 0.15) is 11.1 Å². The van der Waals surface area contributed by atoms with Crippen molar-refractivity contribution in [3.05, 3.63) is 120 Å². The molecule has 0 fully saturated rings. The van der Waals surface area contributed by atoms with Gasteiger partial charge in [-0.15, -0.1) is 0 Å². The fraction of sp³-hybridized carbons (Fsp3) is 0.0625. The van der Waals surface area contributed by atoms with Crippen molar-refractivity contribution in [2.24, 2.45) is 0 Å². The second kappa shape index (κ2) is 8.57. The van der Waals surface area contributed by atoms with E-state index >= 15 is 0 Å². The maximum absolute atomic E-state index is 2.47. The van der Waals surface area contributed by atoms with Gasteiger partial charge in [-0.3, -0.25) is 0 Å². The SMILES string of the molecule is c1ccc2c([Se]c3ccc4c5c(ccc([Te]c6cccc7ccccc67)c35)CC4)cccc2c1. The molecule has 0 saturated carbocycles. The molecule has 34 heavy (non-hydrogen) atoms. The van der Waals surface area contributed by atoms with Crippen LogP contribution in [0.2, 0.25) is 0 Å². The molecule has 0 heterocycles. The Morgan fingerprint density at radius 2 is 1.12 bits per heavy atom. The first kappa shape index (κ1) is 20.8. The summed E-state index contributed by atoms with van der Waals surface area (Å²) >= 11 is -0.257. The second-order valence-corrected chi connectivity index (χ2v) is 14.2. The van der Waals surface area contributed by atoms with E-state index in [0.717, 1.165) is 0 Å². The van der Waals surface area contributed by atoms with Gasteiger partial charge in [0.1, 0.15) is 0 Å². The molecule has 1 aliphatic carbocycles. The van der Waals surface area contributed by atoms with Crippen LogP contribution >= 0.6 is 0 Å². The Bertz CT molecular complexity index is 1580. The average molecular weight is 613 g/mol. The van der Waals surface area contributed by atoms with Gasteiger partial charge >= 0.3 is 218 Å². The Kier molecular flexibility index (Phi) is 5.23. The Morgan fingerprint density at radius 1 is 0.471 bits per heavy atom. The summed E-state index contributed by atoms with van der Waals surface area (Å²) < 4.78 is 6.18. The van der Waals surface area contributed by atoms with Crippen molar-refractivity contribution in [3.8, 4) is 0 Å². The summed E-state index contributed by atoms with van der Waals surface area (Å²) in [5, 5.41) is 8.68. The summed E-state index contributed by atoms with van der Waals surface area (Å²) in [5.74, 6) is 0. The van der Waals surface area contributed by atoms with E-state index < -0.39 is 20.9 Å². The molecular weight excluding hydrogens is 591 g/mol. The zero-order chi connectivity index (χ0) is 22.5. The topological polar surface area (TPSA) is 0 Å². The molecule has 0 saturated heterocycles. The number of fused-ring (bicyclic) bond motifs is 2. The summed E-state index contributed by atoms with van der Waals surface area (Å²) in [6, 6.07) is 41.1. The fourth-order valence-corrected chi connectivity index (χ4v) is 11.3. The zero-order valence-electron chi connectivity index (χ0n) is 18.6. The van der Waals surface area contributed by atoms with Gasteiger partial charge in [-0.2, -0.15) is 0 Å². The Balaban J connectivity index is 1.42. The van der Waals surface area contributed by atoms with Crippen LogP contribution in [0.5, 0.6) is 0 Å². The predicted molar refractivity (Wildman–Crippen MR) is 149 cm³/mol. The monoisotopic (exact) mass is 616 g/mol. The van der Waals surface area contributed by atoms with Crippen LogP contribution in [0.15, 0.2) is 109 Å². The zero-order valence-corrected chi connectivity index (χ0v) is 22.7. The van der Waals surface area contributed by atoms with Gasteiger partial charge in [0.25, 0.3) is 0 Å². The summed E-state index contributed by atoms with van der Waals surface area (Å²) in [4.78, 5) is 0. The fourth-order valence-electron chi connectivity index (χ4n) is 5.24. The van der Waals surface area contributed by atoms with Crippen LogP contribution < -0.4 is 16.1 Å². The first-order valence-electron chi connectivity index (χ1n) is 11.7. The molecule has 162 valence electrons. The van der Waals surface area contributed by atoms with Crippen molar-refractivity contribution in [1.82, 2.24) is 0 Å². The number of aryl methyl sites for hydroxylation is 2. The van der Waals surface area contributed by atoms with Gasteiger partial charge in [0, 0.05) is 0 Å². The Labute approximate surface area is 216 Å². The molecule has 2 heteroatoms. The average Bonchev–Trinajstić information content (AvgIpc) is 3.31. The molecule has 0 radical (unpaired) electrons. The van der Waals surface area contributed by atoms with Crippen LogP contribution in [0, 0.1) is 0 Å². The first-order valence-corrected chi connectivity index (χ1v) is 15.8. The quantitative estimate of drug-likeness (QED) is 0.256. The maximum atomic E-state index is 2.47. The minimum atomic E-state index is -0.522. The van der Waals surface area contributed by atoms with Crippen molar-refractivity contribution < 1.29 is 0 Å². The molecule has 0 aliphatic heterocycles. The molecule has 0 nitrogen and oxygen atoms in total. The molecule has 7 rings (SSSR count). The van der Waals surface area contributed by atoms with Gasteiger partial charge < -0.3 is 0 Å². The summed E-state index contributed by atoms with van der Waals surface area (Å²) in [5.41, 5.74) is 3.10. The van der Waals surface area contributed by atoms with E-state index in [4.69, 9.17) is 0 Å². The normalized spacial score (nSPS) is 12.7. The molecule has 0 N–H and O–H groups in total. The van der Waals surface area contributed by atoms with Crippen molar-refractivity contribution in [3.63, 3.8) is 0 Å². The number of benzene rings is 6. The standard InChI is InChI=1S/C32H22SeTe/c1-3-11-25-21(7-1)9-5-13-27(25)33-28-19-17-23-15-16-24-18-20-30(32(28)31(23)24)34-29-14-6-10-22-8-2-4-12-26(22)29/h1-14,17-20H,15-16H2. The van der Waals surface area contributed by atoms with Crippen LogP contribution in [0.25, 0.3) is 32.3 Å². The first-order chi connectivity index (χ1) is 16.8. The van der Waals surface area contributed by atoms with E-state index in [1.54, 1.807) is 33.6 Å². The number of hydrogen-bond donors (Lipinski definition) is 0. The van der Waals surface area contributed by atoms with Gasteiger partial charge in [-0.05, 0) is 0 Å². The molecule has 0 amide bonds. The molecule has 0 bridgehead atoms. The summed E-state index contributed by atoms with van der Waals surface area (Å²) in [6.07, 6.45) is 2.37. The van der Waals surface area contributed by atoms with E-state index in [1.807, 2.05) is 0 Å². The van der Waals surface area contributed by atoms with E-state index in [0.29, 0.717) is 0 Å². The predicted octanol–water partition coefficient (Wildman–Crippen LogP) is 4.55. The Hall–Kier alpha value is -2.59. The van der Waals surface area contributed by atoms with E-state index in [1.165, 1.54) is 38.8 Å². The molecule has 0 unspecified atom stereocenters. The molecule has 6 aromatic carbocycles. The summed E-state index contributed by atoms with van der Waals surface area (Å²) in [7, 11) is 0. The molecule has 0 aromatic heterocycles. The molecular formula is C32H22SeTe. The van der Waals surface area contributed by atoms with Crippen molar-refractivity contribution in [2.45, 2.75) is 12.8 Å². The van der Waals surface area contributed by atoms with Crippen LogP contribution in [-0.4, -0.2) is 35.9 Å². The van der Waals surface area contributed by atoms with Crippen LogP contribution in [-0.2, 0) is 12.8 Å². The van der Waals surface area contributed by atoms with Gasteiger partial charge in [0.15, 0.2) is 0 Å². The Morgan fingerprint density at radius 3 is 1.94 bits per heavy atom. The van der Waals surface area contributed by atoms with E-state index in [-0.39, 0.29) is 15.0 Å². The third-order valence-corrected chi connectivity index (χ3v) is 12.5. The van der Waals surface area contributed by atoms with Gasteiger partial charge in [-0.25, -0.2) is 0 Å². The molecule has 6 aromatic rings. The van der Waals surface area contributed by atoms with E-state index in [2.05, 4.69) is 109 Å². The van der Waals surface area contributed by atoms with Gasteiger partial charge in [-0.1, -0.05) is 0 Å². The van der Waals surface area contributed by atoms with Crippen LogP contribution in [0.4, 0.5) is 0 Å². The third kappa shape index (κ3) is 3.49. The second-order valence-electron chi connectivity index (χ2n) is 8.85. The minimum absolute atomic E-state index is 0.265. The van der Waals surface area contributed by atoms with E-state index in [9.17, 15) is 0 Å². The molecule has 1 aliphatic rings. The number of hydrogen-bond acceptors (Lipinski definition) is 0. The van der Waals surface area contributed by atoms with Gasteiger partial charge in [0.05, 0.1) is 0 Å². The van der Waals surface area contributed by atoms with Crippen LogP contribution in [0.3, 0.4) is 0 Å². The van der Waals surface area contributed by atoms with Gasteiger partial charge in [0.2, 0.25) is 0 Å². The van der Waals surface area contributed by atoms with Crippen molar-refractivity contribution in [1.29, 1.82) is 0 Å². The number of rotatable bonds is 4. The molecule has 0 atom stereocenters. The van der Waals surface area contributed by atoms with Crippen molar-refractivity contribution in [2.75, 3.05) is 0 Å². The molecule has 0 spiro atoms. The van der Waals surface area contributed by atoms with Crippen molar-refractivity contribution >= 4 is 84.3 Å². The summed E-state index contributed by atoms with van der Waals surface area (Å²) in [6.45, 7) is 0.